The Bertz CT molecular complexity index is 731. The third-order valence-corrected chi connectivity index (χ3v) is 6.55. The molecule has 1 aromatic rings. The molecule has 0 aliphatic carbocycles. The van der Waals surface area contributed by atoms with Gasteiger partial charge in [-0.2, -0.15) is 4.31 Å². The summed E-state index contributed by atoms with van der Waals surface area (Å²) >= 11 is 0. The normalized spacial score (nSPS) is 16.9. The first kappa shape index (κ1) is 22.6. The van der Waals surface area contributed by atoms with Crippen LogP contribution >= 0.6 is 0 Å². The number of piperazine rings is 1. The largest absolute Gasteiger partial charge is 0.380 e. The molecule has 158 valence electrons. The lowest BCUT2D eigenvalue weighted by atomic mass is 10.2. The van der Waals surface area contributed by atoms with Gasteiger partial charge in [0.25, 0.3) is 0 Å². The fourth-order valence-electron chi connectivity index (χ4n) is 2.95. The zero-order valence-corrected chi connectivity index (χ0v) is 18.0. The molecule has 8 nitrogen and oxygen atoms in total. The lowest BCUT2D eigenvalue weighted by Crippen LogP contribution is -2.47. The van der Waals surface area contributed by atoms with Gasteiger partial charge in [0.05, 0.1) is 18.0 Å². The van der Waals surface area contributed by atoms with Crippen LogP contribution in [0.1, 0.15) is 19.4 Å². The Hall–Kier alpha value is -1.68. The highest BCUT2D eigenvalue weighted by atomic mass is 32.2. The number of benzene rings is 1. The summed E-state index contributed by atoms with van der Waals surface area (Å²) in [6.07, 6.45) is 0. The summed E-state index contributed by atoms with van der Waals surface area (Å²) in [5, 5.41) is 6.37. The van der Waals surface area contributed by atoms with Crippen LogP contribution in [0, 0.1) is 0 Å². The predicted octanol–water partition coefficient (Wildman–Crippen LogP) is 0.714. The van der Waals surface area contributed by atoms with Crippen molar-refractivity contribution in [3.63, 3.8) is 0 Å². The molecule has 9 heteroatoms. The minimum absolute atomic E-state index is 0.285. The highest BCUT2D eigenvalue weighted by Gasteiger charge is 2.29. The number of likely N-dealkylation sites (N-methyl/N-ethyl adjacent to an activating group) is 1. The number of hydrogen-bond donors (Lipinski definition) is 2. The highest BCUT2D eigenvalue weighted by molar-refractivity contribution is 7.89. The van der Waals surface area contributed by atoms with Gasteiger partial charge in [0, 0.05) is 45.9 Å². The minimum Gasteiger partial charge on any atom is -0.380 e. The molecule has 1 aromatic carbocycles. The number of rotatable bonds is 9. The Morgan fingerprint density at radius 3 is 2.54 bits per heavy atom. The molecule has 0 bridgehead atoms. The van der Waals surface area contributed by atoms with Crippen molar-refractivity contribution in [3.8, 4) is 0 Å². The van der Waals surface area contributed by atoms with Gasteiger partial charge in [-0.1, -0.05) is 18.2 Å². The van der Waals surface area contributed by atoms with Crippen molar-refractivity contribution in [1.29, 1.82) is 0 Å². The summed E-state index contributed by atoms with van der Waals surface area (Å²) in [6.45, 7) is 9.37. The molecule has 0 atom stereocenters. The van der Waals surface area contributed by atoms with E-state index in [1.54, 1.807) is 16.4 Å². The van der Waals surface area contributed by atoms with Crippen molar-refractivity contribution in [3.05, 3.63) is 29.8 Å². The zero-order valence-electron chi connectivity index (χ0n) is 17.1. The first-order chi connectivity index (χ1) is 13.5. The third-order valence-electron chi connectivity index (χ3n) is 4.55. The molecule has 1 aliphatic heterocycles. The van der Waals surface area contributed by atoms with Crippen molar-refractivity contribution < 1.29 is 13.2 Å². The minimum atomic E-state index is -3.52. The molecule has 28 heavy (non-hydrogen) atoms. The summed E-state index contributed by atoms with van der Waals surface area (Å²) < 4.78 is 33.2. The van der Waals surface area contributed by atoms with Gasteiger partial charge in [0.15, 0.2) is 5.96 Å². The van der Waals surface area contributed by atoms with Crippen LogP contribution in [-0.2, 0) is 21.3 Å². The number of sulfonamides is 1. The van der Waals surface area contributed by atoms with E-state index in [4.69, 9.17) is 4.74 Å². The average molecular weight is 412 g/mol. The van der Waals surface area contributed by atoms with Gasteiger partial charge >= 0.3 is 0 Å². The van der Waals surface area contributed by atoms with Crippen molar-refractivity contribution in [1.82, 2.24) is 19.8 Å². The summed E-state index contributed by atoms with van der Waals surface area (Å²) in [5.41, 5.74) is 0.698. The second-order valence-corrected chi connectivity index (χ2v) is 8.54. The van der Waals surface area contributed by atoms with Gasteiger partial charge in [0.2, 0.25) is 10.0 Å². The van der Waals surface area contributed by atoms with Crippen LogP contribution in [0.15, 0.2) is 34.2 Å². The van der Waals surface area contributed by atoms with E-state index >= 15 is 0 Å². The Morgan fingerprint density at radius 1 is 1.14 bits per heavy atom. The van der Waals surface area contributed by atoms with Crippen LogP contribution in [0.2, 0.25) is 0 Å². The first-order valence-corrected chi connectivity index (χ1v) is 11.3. The number of hydrogen-bond acceptors (Lipinski definition) is 5. The Morgan fingerprint density at radius 2 is 1.86 bits per heavy atom. The number of nitrogens with one attached hydrogen (secondary N) is 2. The molecule has 2 rings (SSSR count). The maximum atomic E-state index is 13.1. The van der Waals surface area contributed by atoms with Gasteiger partial charge in [-0.3, -0.25) is 0 Å². The summed E-state index contributed by atoms with van der Waals surface area (Å²) in [6, 6.07) is 7.12. The van der Waals surface area contributed by atoms with Crippen LogP contribution < -0.4 is 10.6 Å². The van der Waals surface area contributed by atoms with Crippen LogP contribution in [-0.4, -0.2) is 83.1 Å². The van der Waals surface area contributed by atoms with Crippen LogP contribution in [0.5, 0.6) is 0 Å². The van der Waals surface area contributed by atoms with E-state index < -0.39 is 10.0 Å². The molecule has 0 saturated carbocycles. The van der Waals surface area contributed by atoms with Crippen LogP contribution in [0.4, 0.5) is 0 Å². The van der Waals surface area contributed by atoms with Crippen molar-refractivity contribution in [2.45, 2.75) is 25.3 Å². The smallest absolute Gasteiger partial charge is 0.243 e. The van der Waals surface area contributed by atoms with Crippen molar-refractivity contribution >= 4 is 16.0 Å². The van der Waals surface area contributed by atoms with E-state index in [1.807, 2.05) is 33.0 Å². The first-order valence-electron chi connectivity index (χ1n) is 9.85. The van der Waals surface area contributed by atoms with Gasteiger partial charge < -0.3 is 20.3 Å². The molecule has 1 fully saturated rings. The number of nitrogens with zero attached hydrogens (tertiary/aromatic N) is 3. The molecule has 0 aromatic heterocycles. The van der Waals surface area contributed by atoms with Crippen molar-refractivity contribution in [2.24, 2.45) is 4.99 Å². The van der Waals surface area contributed by atoms with Gasteiger partial charge in [-0.25, -0.2) is 13.4 Å². The SMILES string of the molecule is CCNC(=NCc1ccccc1S(=O)(=O)N1CCN(C)CC1)NCCOCC. The molecule has 0 unspecified atom stereocenters. The molecule has 1 saturated heterocycles. The topological polar surface area (TPSA) is 86.3 Å². The van der Waals surface area contributed by atoms with E-state index in [9.17, 15) is 8.42 Å². The van der Waals surface area contributed by atoms with E-state index in [1.165, 1.54) is 0 Å². The third kappa shape index (κ3) is 6.44. The highest BCUT2D eigenvalue weighted by Crippen LogP contribution is 2.22. The fraction of sp³-hybridized carbons (Fsp3) is 0.632. The summed E-state index contributed by atoms with van der Waals surface area (Å²) in [4.78, 5) is 7.04. The Kier molecular flexibility index (Phi) is 9.17. The van der Waals surface area contributed by atoms with Gasteiger partial charge in [0.1, 0.15) is 0 Å². The number of guanidine groups is 1. The monoisotopic (exact) mass is 411 g/mol. The molecule has 0 amide bonds. The quantitative estimate of drug-likeness (QED) is 0.354. The second kappa shape index (κ2) is 11.4. The van der Waals surface area contributed by atoms with E-state index in [0.717, 1.165) is 19.6 Å². The van der Waals surface area contributed by atoms with Crippen molar-refractivity contribution in [2.75, 3.05) is 59.5 Å². The van der Waals surface area contributed by atoms with E-state index in [0.29, 0.717) is 49.3 Å². The lowest BCUT2D eigenvalue weighted by molar-refractivity contribution is 0.152. The standard InChI is InChI=1S/C19H33N5O3S/c1-4-20-19(21-10-15-27-5-2)22-16-17-8-6-7-9-18(17)28(25,26)24-13-11-23(3)12-14-24/h6-9H,4-5,10-16H2,1-3H3,(H2,20,21,22). The van der Waals surface area contributed by atoms with E-state index in [-0.39, 0.29) is 6.54 Å². The molecular formula is C19H33N5O3S. The second-order valence-electron chi connectivity index (χ2n) is 6.63. The molecule has 2 N–H and O–H groups in total. The summed E-state index contributed by atoms with van der Waals surface area (Å²) in [5.74, 6) is 0.647. The summed E-state index contributed by atoms with van der Waals surface area (Å²) in [7, 11) is -1.52. The van der Waals surface area contributed by atoms with Crippen LogP contribution in [0.3, 0.4) is 0 Å². The van der Waals surface area contributed by atoms with Crippen LogP contribution in [0.25, 0.3) is 0 Å². The molecule has 0 spiro atoms. The number of ether oxygens (including phenoxy) is 1. The maximum Gasteiger partial charge on any atom is 0.243 e. The molecule has 0 radical (unpaired) electrons. The average Bonchev–Trinajstić information content (AvgIpc) is 2.70. The number of aliphatic imine (C=N–C) groups is 1. The van der Waals surface area contributed by atoms with E-state index in [2.05, 4.69) is 20.5 Å². The zero-order chi connectivity index (χ0) is 20.4. The molecule has 1 aliphatic rings. The molecule has 1 heterocycles. The van der Waals surface area contributed by atoms with Gasteiger partial charge in [-0.05, 0) is 32.5 Å². The Labute approximate surface area is 169 Å². The maximum absolute atomic E-state index is 13.1. The fourth-order valence-corrected chi connectivity index (χ4v) is 4.58. The predicted molar refractivity (Wildman–Crippen MR) is 112 cm³/mol. The molecular weight excluding hydrogens is 378 g/mol. The Balaban J connectivity index is 2.13. The lowest BCUT2D eigenvalue weighted by Gasteiger charge is -2.32. The van der Waals surface area contributed by atoms with Gasteiger partial charge in [-0.15, -0.1) is 0 Å².